The Bertz CT molecular complexity index is 419. The van der Waals surface area contributed by atoms with E-state index in [1.165, 1.54) is 38.8 Å². The van der Waals surface area contributed by atoms with Crippen molar-refractivity contribution >= 4 is 5.91 Å². The molecule has 96 valence electrons. The second-order valence-electron chi connectivity index (χ2n) is 5.47. The second kappa shape index (κ2) is 4.73. The van der Waals surface area contributed by atoms with Gasteiger partial charge in [-0.15, -0.1) is 0 Å². The van der Waals surface area contributed by atoms with Crippen molar-refractivity contribution in [3.05, 3.63) is 35.9 Å². The van der Waals surface area contributed by atoms with E-state index < -0.39 is 0 Å². The highest BCUT2D eigenvalue weighted by atomic mass is 16.1. The molecule has 1 aromatic rings. The van der Waals surface area contributed by atoms with Crippen LogP contribution in [0.2, 0.25) is 0 Å². The van der Waals surface area contributed by atoms with E-state index in [-0.39, 0.29) is 11.4 Å². The lowest BCUT2D eigenvalue weighted by Crippen LogP contribution is -2.48. The fourth-order valence-electron chi connectivity index (χ4n) is 3.45. The van der Waals surface area contributed by atoms with Crippen LogP contribution in [0.4, 0.5) is 0 Å². The summed E-state index contributed by atoms with van der Waals surface area (Å²) in [5, 5.41) is 3.12. The molecule has 3 heteroatoms. The fraction of sp³-hybridized carbons (Fsp3) is 0.533. The highest BCUT2D eigenvalue weighted by molar-refractivity contribution is 5.94. The summed E-state index contributed by atoms with van der Waals surface area (Å²) >= 11 is 0. The van der Waals surface area contributed by atoms with Gasteiger partial charge >= 0.3 is 0 Å². The summed E-state index contributed by atoms with van der Waals surface area (Å²) in [6.07, 6.45) is 5.03. The van der Waals surface area contributed by atoms with Crippen LogP contribution in [0, 0.1) is 0 Å². The first-order valence-electron chi connectivity index (χ1n) is 6.89. The number of carbonyl (C=O) groups is 1. The normalized spacial score (nSPS) is 21.8. The van der Waals surface area contributed by atoms with Crippen LogP contribution < -0.4 is 5.32 Å². The monoisotopic (exact) mass is 244 g/mol. The third-order valence-electron chi connectivity index (χ3n) is 4.43. The predicted molar refractivity (Wildman–Crippen MR) is 71.5 cm³/mol. The molecule has 2 heterocycles. The maximum Gasteiger partial charge on any atom is 0.251 e. The lowest BCUT2D eigenvalue weighted by molar-refractivity contribution is 0.0919. The maximum absolute atomic E-state index is 12.1. The number of fused-ring (bicyclic) bond motifs is 1. The van der Waals surface area contributed by atoms with Gasteiger partial charge in [0.1, 0.15) is 0 Å². The molecule has 0 aromatic heterocycles. The van der Waals surface area contributed by atoms with Gasteiger partial charge in [-0.05, 0) is 50.9 Å². The van der Waals surface area contributed by atoms with Gasteiger partial charge in [-0.3, -0.25) is 9.69 Å². The molecule has 3 rings (SSSR count). The van der Waals surface area contributed by atoms with Gasteiger partial charge in [0.25, 0.3) is 5.91 Å². The number of amides is 1. The van der Waals surface area contributed by atoms with Crippen LogP contribution in [0.5, 0.6) is 0 Å². The Morgan fingerprint density at radius 3 is 2.50 bits per heavy atom. The van der Waals surface area contributed by atoms with Crippen LogP contribution in [0.1, 0.15) is 36.0 Å². The van der Waals surface area contributed by atoms with Crippen LogP contribution in [-0.4, -0.2) is 36.0 Å². The van der Waals surface area contributed by atoms with Crippen molar-refractivity contribution in [2.45, 2.75) is 31.2 Å². The Kier molecular flexibility index (Phi) is 3.08. The summed E-state index contributed by atoms with van der Waals surface area (Å²) in [7, 11) is 0. The van der Waals surface area contributed by atoms with E-state index in [0.29, 0.717) is 0 Å². The molecule has 0 aliphatic carbocycles. The summed E-state index contributed by atoms with van der Waals surface area (Å²) in [4.78, 5) is 14.6. The number of hydrogen-bond donors (Lipinski definition) is 1. The van der Waals surface area contributed by atoms with Crippen molar-refractivity contribution in [1.29, 1.82) is 0 Å². The molecule has 1 N–H and O–H groups in total. The first-order valence-corrected chi connectivity index (χ1v) is 6.89. The minimum atomic E-state index is 0.0590. The van der Waals surface area contributed by atoms with Crippen LogP contribution in [0.3, 0.4) is 0 Å². The number of nitrogens with zero attached hydrogens (tertiary/aromatic N) is 1. The SMILES string of the molecule is O=C(NCC12CCCN1CCC2)c1ccccc1. The highest BCUT2D eigenvalue weighted by Gasteiger charge is 2.44. The zero-order chi connectivity index (χ0) is 12.4. The number of carbonyl (C=O) groups excluding carboxylic acids is 1. The third-order valence-corrected chi connectivity index (χ3v) is 4.43. The van der Waals surface area contributed by atoms with Gasteiger partial charge in [0.15, 0.2) is 0 Å². The van der Waals surface area contributed by atoms with Crippen LogP contribution >= 0.6 is 0 Å². The van der Waals surface area contributed by atoms with Crippen LogP contribution in [0.15, 0.2) is 30.3 Å². The molecular formula is C15H20N2O. The van der Waals surface area contributed by atoms with E-state index in [4.69, 9.17) is 0 Å². The summed E-state index contributed by atoms with van der Waals surface area (Å²) in [6.45, 7) is 3.23. The lowest BCUT2D eigenvalue weighted by atomic mass is 9.94. The van der Waals surface area contributed by atoms with Crippen LogP contribution in [-0.2, 0) is 0 Å². The molecule has 0 unspecified atom stereocenters. The zero-order valence-electron chi connectivity index (χ0n) is 10.7. The van der Waals surface area contributed by atoms with Gasteiger partial charge in [-0.25, -0.2) is 0 Å². The van der Waals surface area contributed by atoms with E-state index in [1.54, 1.807) is 0 Å². The van der Waals surface area contributed by atoms with E-state index >= 15 is 0 Å². The third kappa shape index (κ3) is 2.03. The van der Waals surface area contributed by atoms with E-state index in [2.05, 4.69) is 10.2 Å². The standard InChI is InChI=1S/C15H20N2O/c18-14(13-6-2-1-3-7-13)16-12-15-8-4-10-17(15)11-5-9-15/h1-3,6-7H,4-5,8-12H2,(H,16,18). The van der Waals surface area contributed by atoms with Crippen molar-refractivity contribution in [1.82, 2.24) is 10.2 Å². The number of nitrogens with one attached hydrogen (secondary N) is 1. The average Bonchev–Trinajstić information content (AvgIpc) is 2.96. The van der Waals surface area contributed by atoms with Gasteiger partial charge in [0.2, 0.25) is 0 Å². The Balaban J connectivity index is 1.63. The van der Waals surface area contributed by atoms with Crippen molar-refractivity contribution in [2.24, 2.45) is 0 Å². The van der Waals surface area contributed by atoms with Gasteiger partial charge < -0.3 is 5.32 Å². The van der Waals surface area contributed by atoms with Crippen LogP contribution in [0.25, 0.3) is 0 Å². The van der Waals surface area contributed by atoms with Crippen molar-refractivity contribution in [3.8, 4) is 0 Å². The van der Waals surface area contributed by atoms with Crippen molar-refractivity contribution < 1.29 is 4.79 Å². The molecule has 3 nitrogen and oxygen atoms in total. The van der Waals surface area contributed by atoms with E-state index in [1.807, 2.05) is 30.3 Å². The van der Waals surface area contributed by atoms with Gasteiger partial charge in [-0.1, -0.05) is 18.2 Å². The summed E-state index contributed by atoms with van der Waals surface area (Å²) in [5.41, 5.74) is 1.03. The number of rotatable bonds is 3. The predicted octanol–water partition coefficient (Wildman–Crippen LogP) is 2.04. The quantitative estimate of drug-likeness (QED) is 0.882. The molecule has 0 saturated carbocycles. The summed E-state index contributed by atoms with van der Waals surface area (Å²) in [6, 6.07) is 9.49. The number of hydrogen-bond acceptors (Lipinski definition) is 2. The van der Waals surface area contributed by atoms with Gasteiger partial charge in [0, 0.05) is 17.6 Å². The minimum absolute atomic E-state index is 0.0590. The smallest absolute Gasteiger partial charge is 0.251 e. The fourth-order valence-corrected chi connectivity index (χ4v) is 3.45. The molecule has 1 aromatic carbocycles. The molecule has 2 aliphatic heterocycles. The second-order valence-corrected chi connectivity index (χ2v) is 5.47. The molecule has 0 radical (unpaired) electrons. The molecule has 18 heavy (non-hydrogen) atoms. The zero-order valence-corrected chi connectivity index (χ0v) is 10.7. The van der Waals surface area contributed by atoms with E-state index in [9.17, 15) is 4.79 Å². The molecule has 0 atom stereocenters. The molecule has 2 saturated heterocycles. The highest BCUT2D eigenvalue weighted by Crippen LogP contribution is 2.38. The average molecular weight is 244 g/mol. The first kappa shape index (κ1) is 11.7. The molecule has 0 bridgehead atoms. The Morgan fingerprint density at radius 2 is 1.83 bits per heavy atom. The van der Waals surface area contributed by atoms with Crippen molar-refractivity contribution in [3.63, 3.8) is 0 Å². The molecule has 1 amide bonds. The topological polar surface area (TPSA) is 32.3 Å². The molecule has 0 spiro atoms. The summed E-state index contributed by atoms with van der Waals surface area (Å²) in [5.74, 6) is 0.0590. The Labute approximate surface area is 108 Å². The molecule has 2 fully saturated rings. The maximum atomic E-state index is 12.1. The summed E-state index contributed by atoms with van der Waals surface area (Å²) < 4.78 is 0. The largest absolute Gasteiger partial charge is 0.350 e. The van der Waals surface area contributed by atoms with E-state index in [0.717, 1.165) is 12.1 Å². The number of benzene rings is 1. The van der Waals surface area contributed by atoms with Crippen molar-refractivity contribution in [2.75, 3.05) is 19.6 Å². The Morgan fingerprint density at radius 1 is 1.17 bits per heavy atom. The van der Waals surface area contributed by atoms with Gasteiger partial charge in [0.05, 0.1) is 0 Å². The minimum Gasteiger partial charge on any atom is -0.350 e. The van der Waals surface area contributed by atoms with Gasteiger partial charge in [-0.2, -0.15) is 0 Å². The first-order chi connectivity index (χ1) is 8.80. The Hall–Kier alpha value is -1.35. The lowest BCUT2D eigenvalue weighted by Gasteiger charge is -2.32. The molecular weight excluding hydrogens is 224 g/mol. The molecule has 2 aliphatic rings.